The Balaban J connectivity index is 1.72. The Morgan fingerprint density at radius 3 is 2.60 bits per heavy atom. The number of halogens is 1. The van der Waals surface area contributed by atoms with Crippen molar-refractivity contribution in [2.45, 2.75) is 6.42 Å². The third-order valence-corrected chi connectivity index (χ3v) is 6.70. The molecule has 6 nitrogen and oxygen atoms in total. The summed E-state index contributed by atoms with van der Waals surface area (Å²) in [5.41, 5.74) is 0.635. The molecule has 1 heterocycles. The summed E-state index contributed by atoms with van der Waals surface area (Å²) < 4.78 is 39.6. The summed E-state index contributed by atoms with van der Waals surface area (Å²) in [5, 5.41) is 6.07. The van der Waals surface area contributed by atoms with Crippen LogP contribution in [0.2, 0.25) is 0 Å². The van der Waals surface area contributed by atoms with Crippen LogP contribution in [0, 0.1) is 5.82 Å². The molecular weight excluding hydrogens is 363 g/mol. The number of hydrogen-bond acceptors (Lipinski definition) is 4. The Morgan fingerprint density at radius 1 is 1.24 bits per heavy atom. The molecule has 0 bridgehead atoms. The highest BCUT2D eigenvalue weighted by molar-refractivity contribution is 7.99. The van der Waals surface area contributed by atoms with Crippen LogP contribution in [0.1, 0.15) is 5.56 Å². The lowest BCUT2D eigenvalue weighted by molar-refractivity contribution is 0.443. The number of nitrogens with zero attached hydrogens (tertiary/aromatic N) is 2. The summed E-state index contributed by atoms with van der Waals surface area (Å²) in [6.45, 7) is 1.97. The summed E-state index contributed by atoms with van der Waals surface area (Å²) in [5.74, 6) is 2.03. The second kappa shape index (κ2) is 9.98. The minimum atomic E-state index is -3.23. The van der Waals surface area contributed by atoms with Gasteiger partial charge in [-0.15, -0.1) is 0 Å². The van der Waals surface area contributed by atoms with Gasteiger partial charge in [-0.2, -0.15) is 11.8 Å². The van der Waals surface area contributed by atoms with Crippen molar-refractivity contribution in [3.05, 3.63) is 35.6 Å². The van der Waals surface area contributed by atoms with E-state index in [0.717, 1.165) is 11.5 Å². The van der Waals surface area contributed by atoms with Crippen LogP contribution in [0.3, 0.4) is 0 Å². The van der Waals surface area contributed by atoms with E-state index in [9.17, 15) is 12.8 Å². The van der Waals surface area contributed by atoms with Gasteiger partial charge in [-0.25, -0.2) is 17.1 Å². The second-order valence-electron chi connectivity index (χ2n) is 5.59. The normalized spacial score (nSPS) is 16.6. The van der Waals surface area contributed by atoms with Crippen molar-refractivity contribution in [3.63, 3.8) is 0 Å². The Hall–Kier alpha value is -1.32. The lowest BCUT2D eigenvalue weighted by Crippen LogP contribution is -2.44. The maximum Gasteiger partial charge on any atom is 0.215 e. The minimum Gasteiger partial charge on any atom is -0.356 e. The summed E-state index contributed by atoms with van der Waals surface area (Å²) in [4.78, 5) is 4.06. The lowest BCUT2D eigenvalue weighted by atomic mass is 10.1. The first-order chi connectivity index (χ1) is 12.0. The van der Waals surface area contributed by atoms with E-state index in [4.69, 9.17) is 0 Å². The third-order valence-electron chi connectivity index (χ3n) is 3.88. The number of aliphatic imine (C=N–C) groups is 1. The number of hydrogen-bond donors (Lipinski definition) is 2. The van der Waals surface area contributed by atoms with E-state index in [0.29, 0.717) is 37.6 Å². The molecule has 2 N–H and O–H groups in total. The summed E-state index contributed by atoms with van der Waals surface area (Å²) in [7, 11) is -1.61. The molecule has 0 unspecified atom stereocenters. The lowest BCUT2D eigenvalue weighted by Gasteiger charge is -2.25. The fourth-order valence-corrected chi connectivity index (χ4v) is 4.98. The van der Waals surface area contributed by atoms with E-state index in [-0.39, 0.29) is 18.1 Å². The van der Waals surface area contributed by atoms with Crippen molar-refractivity contribution >= 4 is 27.7 Å². The Labute approximate surface area is 153 Å². The van der Waals surface area contributed by atoms with Crippen LogP contribution in [0.5, 0.6) is 0 Å². The maximum absolute atomic E-state index is 13.6. The van der Waals surface area contributed by atoms with Crippen molar-refractivity contribution in [3.8, 4) is 0 Å². The molecule has 0 aliphatic carbocycles. The van der Waals surface area contributed by atoms with Crippen LogP contribution >= 0.6 is 11.8 Å². The molecule has 0 saturated carbocycles. The molecule has 0 radical (unpaired) electrons. The van der Waals surface area contributed by atoms with Gasteiger partial charge in [0, 0.05) is 44.7 Å². The first-order valence-electron chi connectivity index (χ1n) is 8.26. The molecular formula is C16H25FN4O2S2. The monoisotopic (exact) mass is 388 g/mol. The SMILES string of the molecule is CN=C(NCCc1ccccc1F)NCCS(=O)(=O)N1CCSCC1. The Kier molecular flexibility index (Phi) is 7.98. The smallest absolute Gasteiger partial charge is 0.215 e. The van der Waals surface area contributed by atoms with Crippen LogP contribution in [0.4, 0.5) is 4.39 Å². The summed E-state index contributed by atoms with van der Waals surface area (Å²) in [6.07, 6.45) is 0.525. The maximum atomic E-state index is 13.6. The molecule has 0 atom stereocenters. The zero-order valence-corrected chi connectivity index (χ0v) is 16.0. The summed E-state index contributed by atoms with van der Waals surface area (Å²) in [6, 6.07) is 6.65. The summed E-state index contributed by atoms with van der Waals surface area (Å²) >= 11 is 1.78. The van der Waals surface area contributed by atoms with Crippen LogP contribution in [0.25, 0.3) is 0 Å². The van der Waals surface area contributed by atoms with Gasteiger partial charge in [0.05, 0.1) is 5.75 Å². The molecule has 25 heavy (non-hydrogen) atoms. The van der Waals surface area contributed by atoms with Crippen LogP contribution in [-0.2, 0) is 16.4 Å². The fourth-order valence-electron chi connectivity index (χ4n) is 2.49. The van der Waals surface area contributed by atoms with Gasteiger partial charge in [-0.1, -0.05) is 18.2 Å². The minimum absolute atomic E-state index is 0.0334. The predicted octanol–water partition coefficient (Wildman–Crippen LogP) is 0.912. The number of rotatable bonds is 7. The van der Waals surface area contributed by atoms with Crippen LogP contribution < -0.4 is 10.6 Å². The van der Waals surface area contributed by atoms with Gasteiger partial charge in [0.15, 0.2) is 5.96 Å². The van der Waals surface area contributed by atoms with Crippen LogP contribution in [0.15, 0.2) is 29.3 Å². The highest BCUT2D eigenvalue weighted by atomic mass is 32.2. The molecule has 1 saturated heterocycles. The average Bonchev–Trinajstić information content (AvgIpc) is 2.62. The number of nitrogens with one attached hydrogen (secondary N) is 2. The highest BCUT2D eigenvalue weighted by Crippen LogP contribution is 2.13. The average molecular weight is 389 g/mol. The van der Waals surface area contributed by atoms with Crippen molar-refractivity contribution in [1.29, 1.82) is 0 Å². The molecule has 1 aromatic rings. The topological polar surface area (TPSA) is 73.8 Å². The van der Waals surface area contributed by atoms with Gasteiger partial charge in [0.2, 0.25) is 10.0 Å². The Bertz CT molecular complexity index is 676. The Morgan fingerprint density at radius 2 is 1.92 bits per heavy atom. The quantitative estimate of drug-likeness (QED) is 0.537. The largest absolute Gasteiger partial charge is 0.356 e. The van der Waals surface area contributed by atoms with Crippen molar-refractivity contribution in [2.24, 2.45) is 4.99 Å². The molecule has 0 spiro atoms. The molecule has 1 aromatic carbocycles. The molecule has 1 aliphatic rings. The fraction of sp³-hybridized carbons (Fsp3) is 0.562. The highest BCUT2D eigenvalue weighted by Gasteiger charge is 2.23. The molecule has 2 rings (SSSR count). The number of thioether (sulfide) groups is 1. The number of guanidine groups is 1. The number of benzene rings is 1. The molecule has 0 amide bonds. The number of sulfonamides is 1. The molecule has 140 valence electrons. The van der Waals surface area contributed by atoms with Crippen LogP contribution in [-0.4, -0.2) is 69.2 Å². The van der Waals surface area contributed by atoms with E-state index >= 15 is 0 Å². The molecule has 0 aromatic heterocycles. The van der Waals surface area contributed by atoms with E-state index in [1.807, 2.05) is 0 Å². The van der Waals surface area contributed by atoms with E-state index in [1.54, 1.807) is 41.3 Å². The van der Waals surface area contributed by atoms with E-state index in [2.05, 4.69) is 15.6 Å². The van der Waals surface area contributed by atoms with Crippen molar-refractivity contribution < 1.29 is 12.8 Å². The van der Waals surface area contributed by atoms with E-state index in [1.165, 1.54) is 6.07 Å². The molecule has 9 heteroatoms. The van der Waals surface area contributed by atoms with Gasteiger partial charge in [-0.05, 0) is 18.1 Å². The first-order valence-corrected chi connectivity index (χ1v) is 11.0. The van der Waals surface area contributed by atoms with Gasteiger partial charge in [-0.3, -0.25) is 4.99 Å². The molecule has 1 fully saturated rings. The second-order valence-corrected chi connectivity index (χ2v) is 8.91. The van der Waals surface area contributed by atoms with Crippen molar-refractivity contribution in [1.82, 2.24) is 14.9 Å². The third kappa shape index (κ3) is 6.48. The van der Waals surface area contributed by atoms with E-state index < -0.39 is 10.0 Å². The van der Waals surface area contributed by atoms with Gasteiger partial charge < -0.3 is 10.6 Å². The first kappa shape index (κ1) is 20.0. The van der Waals surface area contributed by atoms with Gasteiger partial charge in [0.25, 0.3) is 0 Å². The van der Waals surface area contributed by atoms with Gasteiger partial charge >= 0.3 is 0 Å². The zero-order valence-electron chi connectivity index (χ0n) is 14.4. The molecule has 1 aliphatic heterocycles. The standard InChI is InChI=1S/C16H25FN4O2S2/c1-18-16(19-7-6-14-4-2-3-5-15(14)17)20-8-13-25(22,23)21-9-11-24-12-10-21/h2-5H,6-13H2,1H3,(H2,18,19,20). The predicted molar refractivity (Wildman–Crippen MR) is 102 cm³/mol. The van der Waals surface area contributed by atoms with Crippen molar-refractivity contribution in [2.75, 3.05) is 50.5 Å². The van der Waals surface area contributed by atoms with Gasteiger partial charge in [0.1, 0.15) is 5.82 Å². The zero-order chi connectivity index (χ0) is 18.1.